The number of carboxylic acids is 1. The number of carbonyl (C=O) groups excluding carboxylic acids is 9. The van der Waals surface area contributed by atoms with Gasteiger partial charge in [-0.25, -0.2) is 33.6 Å². The Labute approximate surface area is 829 Å². The van der Waals surface area contributed by atoms with Crippen LogP contribution in [0.3, 0.4) is 0 Å². The van der Waals surface area contributed by atoms with E-state index in [2.05, 4.69) is 115 Å². The summed E-state index contributed by atoms with van der Waals surface area (Å²) in [5, 5.41) is 65.8. The summed E-state index contributed by atoms with van der Waals surface area (Å²) in [6, 6.07) is 10.2. The Morgan fingerprint density at radius 3 is 1.12 bits per heavy atom. The number of thiophene rings is 7. The van der Waals surface area contributed by atoms with Gasteiger partial charge in [0.2, 0.25) is 0 Å². The van der Waals surface area contributed by atoms with Crippen LogP contribution in [0.5, 0.6) is 0 Å². The number of hydrogen-bond donors (Lipinski definition) is 9. The van der Waals surface area contributed by atoms with Crippen LogP contribution in [0, 0.1) is 40.5 Å². The molecule has 4 atom stereocenters. The number of methoxy groups -OCH3 is 3. The van der Waals surface area contributed by atoms with Crippen LogP contribution in [0.2, 0.25) is 0 Å². The van der Waals surface area contributed by atoms with Crippen LogP contribution in [0.15, 0.2) is 72.2 Å². The monoisotopic (exact) mass is 2400 g/mol. The molecule has 0 saturated carbocycles. The number of nitrogens with two attached hydrogens (primary N) is 4. The van der Waals surface area contributed by atoms with E-state index in [1.165, 1.54) is 85.0 Å². The molecule has 4 aliphatic rings. The molecule has 0 bridgehead atoms. The number of nitrogens with zero attached hydrogens (tertiary/aromatic N) is 7. The Balaban J connectivity index is 0.000000505. The second-order valence-corrected chi connectivity index (χ2v) is 47.7. The number of esters is 3. The molecule has 4 saturated heterocycles. The molecule has 0 unspecified atom stereocenters. The molecule has 2 radical (unpaired) electrons. The Bertz CT molecular complexity index is 4920. The standard InChI is InChI=1S/C15H20BrN3O5S.C15H22BrN3O3S.C10H14BrN3OS.C10H20N2O2.C6H4BrNO4S.C6H5NO4S.C6H7NO2S.C5H2BrNO4S.CH4.2ClH.Sn/c1-15(2,3)24-14(21)18-6-4-5-9(8-18)17-13(20)12-10(19(22)23)7-11(16)25-12;1-15(2,3)22-14(21)19-6-4-5-9(8-19)18-13(20)12-10(17)7-11(16)23-12;11-8-4-7(12)9(16-8)10(15)14-6-2-1-3-13-5-6;1-10(2,3)14-9(13)12-6-4-5-8(11)7-12;1-12-6(9)5-3(8(10)11)2-4(7)13-5;1-11-6(8)5-4(7(9)10)2-3-12-5;1-9-6(8)5-4(7)2-3-10-5;6-3-1-2(7(10)11)4(12-3)5(8)9;;;;/h7,9H,4-6,8H2,1-3H3,(H,17,20);7,9H,4-6,8,17H2,1-3H3,(H,18,20);4,6,13H,1-3,5,12H2,(H,14,15);8H,4-7,11H2,1-3H3;2H,1H3;2-3H,1H3;2-3H,7H2,1H3;1H,(H,8,9);1H4;2*1H;/q;;;;;;;;;;;+2/p-2/t2*9-;6-;8-;;;;;;;;/m0000......../s1. The van der Waals surface area contributed by atoms with Crippen LogP contribution >= 0.6 is 177 Å². The summed E-state index contributed by atoms with van der Waals surface area (Å²) in [6.45, 7) is 21.8. The van der Waals surface area contributed by atoms with Crippen molar-refractivity contribution in [2.45, 2.75) is 162 Å². The molecule has 0 aromatic carbocycles. The molecule has 55 heteroatoms. The minimum absolute atomic E-state index is 0. The van der Waals surface area contributed by atoms with E-state index in [9.17, 15) is 88.4 Å². The Kier molecular flexibility index (Phi) is 52.3. The number of halogens is 7. The molecule has 714 valence electrons. The van der Waals surface area contributed by atoms with Crippen molar-refractivity contribution in [3.8, 4) is 0 Å². The number of piperidine rings is 4. The normalized spacial score (nSPS) is 15.5. The molecule has 0 aliphatic carbocycles. The molecular formula is C74H98Br5Cl2N15O25S7Sn. The fraction of sp³-hybridized carbons (Fsp3) is 0.486. The third-order valence-electron chi connectivity index (χ3n) is 16.1. The molecule has 4 fully saturated rings. The van der Waals surface area contributed by atoms with Crippen molar-refractivity contribution in [3.63, 3.8) is 0 Å². The number of ether oxygens (including phenoxy) is 6. The number of hydrogen-bond acceptors (Lipinski definition) is 36. The average molecular weight is 2410 g/mol. The molecule has 7 aromatic heterocycles. The maximum atomic E-state index is 12.4. The number of rotatable bonds is 14. The van der Waals surface area contributed by atoms with Crippen molar-refractivity contribution in [2.75, 3.05) is 90.9 Å². The van der Waals surface area contributed by atoms with E-state index in [1.807, 2.05) is 41.5 Å². The van der Waals surface area contributed by atoms with E-state index in [-0.39, 0.29) is 104 Å². The first-order chi connectivity index (χ1) is 59.7. The Morgan fingerprint density at radius 2 is 0.783 bits per heavy atom. The zero-order chi connectivity index (χ0) is 97.0. The van der Waals surface area contributed by atoms with Gasteiger partial charge in [-0.1, -0.05) is 7.43 Å². The van der Waals surface area contributed by atoms with Gasteiger partial charge in [-0.2, -0.15) is 0 Å². The molecule has 11 rings (SSSR count). The summed E-state index contributed by atoms with van der Waals surface area (Å²) >= 11 is 22.8. The summed E-state index contributed by atoms with van der Waals surface area (Å²) in [6.07, 6.45) is 6.19. The molecule has 11 heterocycles. The van der Waals surface area contributed by atoms with Crippen molar-refractivity contribution in [2.24, 2.45) is 5.73 Å². The molecule has 6 amide bonds. The number of carbonyl (C=O) groups is 10. The molecule has 4 aliphatic heterocycles. The van der Waals surface area contributed by atoms with Crippen LogP contribution in [0.4, 0.5) is 54.2 Å². The van der Waals surface area contributed by atoms with Crippen LogP contribution in [-0.2, 0) is 28.4 Å². The van der Waals surface area contributed by atoms with Gasteiger partial charge >= 0.3 is 78.9 Å². The van der Waals surface area contributed by atoms with Gasteiger partial charge in [0.05, 0.1) is 77.0 Å². The maximum absolute atomic E-state index is 12.4. The topological polar surface area (TPSA) is 581 Å². The van der Waals surface area contributed by atoms with Crippen LogP contribution in [0.25, 0.3) is 0 Å². The van der Waals surface area contributed by atoms with E-state index in [0.717, 1.165) is 117 Å². The van der Waals surface area contributed by atoms with Crippen LogP contribution < -0.4 is 44.2 Å². The van der Waals surface area contributed by atoms with Crippen molar-refractivity contribution in [1.82, 2.24) is 36.0 Å². The number of aromatic carboxylic acids is 1. The van der Waals surface area contributed by atoms with Crippen molar-refractivity contribution >= 4 is 295 Å². The van der Waals surface area contributed by atoms with Gasteiger partial charge in [0.25, 0.3) is 40.5 Å². The first-order valence-electron chi connectivity index (χ1n) is 37.4. The average Bonchev–Trinajstić information content (AvgIpc) is 1.76. The summed E-state index contributed by atoms with van der Waals surface area (Å²) in [5.74, 6) is -3.78. The summed E-state index contributed by atoms with van der Waals surface area (Å²) < 4.78 is 32.4. The van der Waals surface area contributed by atoms with Gasteiger partial charge in [0.1, 0.15) is 31.4 Å². The second-order valence-electron chi connectivity index (χ2n) is 29.5. The van der Waals surface area contributed by atoms with E-state index >= 15 is 0 Å². The minimum atomic E-state index is -1.28. The predicted octanol–water partition coefficient (Wildman–Crippen LogP) is 18.2. The number of anilines is 3. The third-order valence-corrected chi connectivity index (χ3v) is 26.1. The predicted molar refractivity (Wildman–Crippen MR) is 519 cm³/mol. The number of nitrogen functional groups attached to an aromatic ring is 3. The fourth-order valence-electron chi connectivity index (χ4n) is 10.8. The first kappa shape index (κ1) is 118. The van der Waals surface area contributed by atoms with Crippen LogP contribution in [0.1, 0.15) is 189 Å². The number of amides is 6. The van der Waals surface area contributed by atoms with Crippen molar-refractivity contribution in [1.29, 1.82) is 0 Å². The van der Waals surface area contributed by atoms with Gasteiger partial charge in [0.15, 0.2) is 19.5 Å². The van der Waals surface area contributed by atoms with Crippen molar-refractivity contribution in [3.05, 3.63) is 147 Å². The number of likely N-dealkylation sites (tertiary alicyclic amines) is 3. The van der Waals surface area contributed by atoms with Crippen molar-refractivity contribution < 1.29 is 101 Å². The van der Waals surface area contributed by atoms with E-state index < -0.39 is 85.3 Å². The molecule has 0 spiro atoms. The summed E-state index contributed by atoms with van der Waals surface area (Å²) in [7, 11) is 13.6. The summed E-state index contributed by atoms with van der Waals surface area (Å²) in [4.78, 5) is 161. The molecule has 40 nitrogen and oxygen atoms in total. The second kappa shape index (κ2) is 57.3. The zero-order valence-corrected chi connectivity index (χ0v) is 88.5. The van der Waals surface area contributed by atoms with E-state index in [0.29, 0.717) is 82.2 Å². The molecular weight excluding hydrogens is 2310 g/mol. The number of nitro groups is 4. The molecule has 129 heavy (non-hydrogen) atoms. The third kappa shape index (κ3) is 42.6. The van der Waals surface area contributed by atoms with Crippen LogP contribution in [-0.4, -0.2) is 233 Å². The number of nitrogens with one attached hydrogen (secondary N) is 4. The van der Waals surface area contributed by atoms with Gasteiger partial charge < -0.3 is 92.4 Å². The van der Waals surface area contributed by atoms with E-state index in [1.54, 1.807) is 59.1 Å². The Morgan fingerprint density at radius 1 is 0.465 bits per heavy atom. The Hall–Kier alpha value is -7.30. The zero-order valence-electron chi connectivity index (χ0n) is 70.5. The van der Waals surface area contributed by atoms with Gasteiger partial charge in [0, 0.05) is 94.2 Å². The summed E-state index contributed by atoms with van der Waals surface area (Å²) in [5.41, 5.74) is 21.7. The first-order valence-corrected chi connectivity index (χ1v) is 54.4. The number of carboxylic acid groups (broad SMARTS) is 1. The van der Waals surface area contributed by atoms with Gasteiger partial charge in [-0.05, 0) is 229 Å². The quantitative estimate of drug-likeness (QED) is 0.0160. The molecule has 7 aromatic rings. The van der Waals surface area contributed by atoms with Gasteiger partial charge in [-0.3, -0.25) is 54.8 Å². The fourth-order valence-corrected chi connectivity index (χ4v) is 19.5. The van der Waals surface area contributed by atoms with E-state index in [4.69, 9.17) is 60.1 Å². The van der Waals surface area contributed by atoms with Gasteiger partial charge in [-0.15, -0.1) is 79.4 Å². The SMILES string of the molecule is C.CC(C)(C)OC(=O)N1CCC[C@H](N)C1.CC(C)(C)OC(=O)N1CCC[C@H](NC(=O)c2sc(Br)cc2N)C1.CC(C)(C)OC(=O)N1CCC[C@H](NC(=O)c2sc(Br)cc2[N+](=O)[O-])C1.COC(=O)c1sc(Br)cc1[N+](=O)[O-].COC(=O)c1sccc1N.COC(=O)c1sccc1[N+](=O)[O-].Nc1cc(Br)sc1C(=O)N[C@H]1CCCNC1.O=C(O)c1sc(Br)cc1[N+](=O)[O-].[Cl][Sn][Cl]. The molecule has 13 N–H and O–H groups in total.